The number of hydrogen-bond acceptors (Lipinski definition) is 10. The smallest absolute Gasteiger partial charge is 0.382 e. The predicted molar refractivity (Wildman–Crippen MR) is 174 cm³/mol. The van der Waals surface area contributed by atoms with E-state index in [2.05, 4.69) is 15.0 Å². The van der Waals surface area contributed by atoms with E-state index in [1.165, 1.54) is 11.4 Å². The second-order valence-electron chi connectivity index (χ2n) is 10.9. The van der Waals surface area contributed by atoms with Gasteiger partial charge in [0, 0.05) is 12.3 Å². The molecule has 0 fully saturated rings. The number of allylic oxidation sites excluding steroid dienone is 1. The molecule has 1 aliphatic rings. The number of fused-ring (bicyclic) bond motifs is 1. The van der Waals surface area contributed by atoms with Crippen molar-refractivity contribution in [2.24, 2.45) is 11.4 Å². The van der Waals surface area contributed by atoms with Crippen LogP contribution in [0, 0.1) is 5.92 Å². The average molecular weight is 640 g/mol. The van der Waals surface area contributed by atoms with Crippen molar-refractivity contribution in [1.82, 2.24) is 19.5 Å². The normalized spacial score (nSPS) is 17.8. The number of nitrogen functional groups attached to an aromatic ring is 1. The van der Waals surface area contributed by atoms with E-state index in [1.54, 1.807) is 6.33 Å². The van der Waals surface area contributed by atoms with Gasteiger partial charge in [-0.25, -0.2) is 34.9 Å². The van der Waals surface area contributed by atoms with Crippen LogP contribution < -0.4 is 16.3 Å². The molecule has 0 saturated carbocycles. The van der Waals surface area contributed by atoms with E-state index in [-0.39, 0.29) is 31.6 Å². The Kier molecular flexibility index (Phi) is 9.51. The number of rotatable bonds is 13. The van der Waals surface area contributed by atoms with Gasteiger partial charge in [0.15, 0.2) is 17.5 Å². The Morgan fingerprint density at radius 3 is 2.33 bits per heavy atom. The Morgan fingerprint density at radius 1 is 0.935 bits per heavy atom. The Bertz CT molecular complexity index is 1840. The van der Waals surface area contributed by atoms with E-state index in [9.17, 15) is 9.36 Å². The summed E-state index contributed by atoms with van der Waals surface area (Å²) in [6.07, 6.45) is 7.78. The molecule has 6 rings (SSSR count). The van der Waals surface area contributed by atoms with Crippen LogP contribution in [0.2, 0.25) is 0 Å². The number of nitrogens with two attached hydrogens (primary N) is 2. The highest BCUT2D eigenvalue weighted by atomic mass is 31.2. The zero-order chi connectivity index (χ0) is 31.9. The maximum Gasteiger partial charge on any atom is 0.458 e. The largest absolute Gasteiger partial charge is 0.458 e. The highest BCUT2D eigenvalue weighted by Crippen LogP contribution is 2.42. The molecule has 0 aliphatic heterocycles. The van der Waals surface area contributed by atoms with Gasteiger partial charge in [0.2, 0.25) is 0 Å². The minimum Gasteiger partial charge on any atom is -0.382 e. The molecule has 0 saturated heterocycles. The van der Waals surface area contributed by atoms with Crippen LogP contribution in [-0.4, -0.2) is 38.1 Å². The van der Waals surface area contributed by atoms with Crippen molar-refractivity contribution in [3.63, 3.8) is 0 Å². The maximum absolute atomic E-state index is 13.8. The number of carbonyl (C=O) groups excluding carboxylic acids is 1. The fraction of sp³-hybridized carbons (Fsp3) is 0.212. The summed E-state index contributed by atoms with van der Waals surface area (Å²) in [5.74, 6) is -0.681. The Balaban J connectivity index is 1.15. The molecule has 0 bridgehead atoms. The van der Waals surface area contributed by atoms with Gasteiger partial charge in [0.25, 0.3) is 0 Å². The topological polar surface area (TPSA) is 161 Å². The first-order valence-corrected chi connectivity index (χ1v) is 16.4. The van der Waals surface area contributed by atoms with Crippen molar-refractivity contribution in [3.05, 3.63) is 127 Å². The van der Waals surface area contributed by atoms with Crippen molar-refractivity contribution in [3.8, 4) is 0 Å². The van der Waals surface area contributed by atoms with Crippen LogP contribution >= 0.6 is 7.75 Å². The Hall–Kier alpha value is -4.87. The highest BCUT2D eigenvalue weighted by Gasteiger charge is 2.35. The van der Waals surface area contributed by atoms with Crippen molar-refractivity contribution in [1.29, 1.82) is 0 Å². The third-order valence-corrected chi connectivity index (χ3v) is 8.57. The van der Waals surface area contributed by atoms with Crippen LogP contribution in [0.3, 0.4) is 0 Å². The number of imidazole rings is 1. The first-order chi connectivity index (χ1) is 22.4. The lowest BCUT2D eigenvalue weighted by atomic mass is 10.1. The molecular formula is C33H34N7O5P. The fourth-order valence-corrected chi connectivity index (χ4v) is 6.17. The number of nitrogens with zero attached hydrogens (tertiary/aromatic N) is 5. The van der Waals surface area contributed by atoms with Crippen LogP contribution in [0.15, 0.2) is 116 Å². The van der Waals surface area contributed by atoms with Crippen LogP contribution in [0.1, 0.15) is 23.6 Å². The number of para-hydroxylation sites is 1. The van der Waals surface area contributed by atoms with E-state index < -0.39 is 19.8 Å². The summed E-state index contributed by atoms with van der Waals surface area (Å²) in [5, 5.41) is 1.48. The predicted octanol–water partition coefficient (Wildman–Crippen LogP) is 5.40. The van der Waals surface area contributed by atoms with Gasteiger partial charge in [-0.1, -0.05) is 91.0 Å². The Labute approximate surface area is 266 Å². The van der Waals surface area contributed by atoms with E-state index in [0.717, 1.165) is 11.1 Å². The monoisotopic (exact) mass is 639 g/mol. The molecule has 2 aromatic heterocycles. The molecule has 46 heavy (non-hydrogen) atoms. The highest BCUT2D eigenvalue weighted by molar-refractivity contribution is 7.51. The van der Waals surface area contributed by atoms with E-state index >= 15 is 0 Å². The summed E-state index contributed by atoms with van der Waals surface area (Å²) in [6, 6.07) is 27.1. The fourth-order valence-electron chi connectivity index (χ4n) is 5.34. The minimum absolute atomic E-state index is 0.0198. The van der Waals surface area contributed by atoms with Gasteiger partial charge in [-0.05, 0) is 29.7 Å². The molecule has 1 unspecified atom stereocenters. The van der Waals surface area contributed by atoms with Crippen molar-refractivity contribution in [2.45, 2.75) is 31.5 Å². The summed E-state index contributed by atoms with van der Waals surface area (Å²) < 4.78 is 26.3. The summed E-state index contributed by atoms with van der Waals surface area (Å²) in [6.45, 7) is 0.166. The van der Waals surface area contributed by atoms with Crippen LogP contribution in [0.25, 0.3) is 11.2 Å². The van der Waals surface area contributed by atoms with Gasteiger partial charge in [-0.15, -0.1) is 0 Å². The third-order valence-electron chi connectivity index (χ3n) is 7.63. The lowest BCUT2D eigenvalue weighted by molar-refractivity contribution is -0.139. The first-order valence-electron chi connectivity index (χ1n) is 14.8. The number of hydrogen-bond donors (Lipinski definition) is 2. The lowest BCUT2D eigenvalue weighted by Gasteiger charge is -2.31. The average Bonchev–Trinajstić information content (AvgIpc) is 3.73. The second kappa shape index (κ2) is 14.1. The number of benzene rings is 3. The SMILES string of the molecule is Nc1ncnc2c1ncn2[C@@H]1C=C[C@H](COP(N)(=O)OC(=O)[C@H](Cc2ccccc2)N(OCc2ccccc2)c2ccccc2)C1. The van der Waals surface area contributed by atoms with Gasteiger partial charge in [0.1, 0.15) is 11.8 Å². The maximum atomic E-state index is 13.8. The quantitative estimate of drug-likeness (QED) is 0.0964. The third kappa shape index (κ3) is 7.49. The van der Waals surface area contributed by atoms with Crippen LogP contribution in [0.5, 0.6) is 0 Å². The molecule has 3 aromatic carbocycles. The van der Waals surface area contributed by atoms with E-state index in [4.69, 9.17) is 25.1 Å². The number of carbonyl (C=O) groups is 1. The molecular weight excluding hydrogens is 605 g/mol. The summed E-state index contributed by atoms with van der Waals surface area (Å²) in [4.78, 5) is 32.7. The molecule has 13 heteroatoms. The molecule has 4 N–H and O–H groups in total. The van der Waals surface area contributed by atoms with Gasteiger partial charge < -0.3 is 14.8 Å². The molecule has 0 radical (unpaired) electrons. The van der Waals surface area contributed by atoms with Crippen molar-refractivity contribution in [2.75, 3.05) is 17.4 Å². The van der Waals surface area contributed by atoms with E-state index in [0.29, 0.717) is 29.1 Å². The number of hydroxylamine groups is 1. The second-order valence-corrected chi connectivity index (χ2v) is 12.4. The molecule has 0 amide bonds. The number of aromatic nitrogens is 4. The summed E-state index contributed by atoms with van der Waals surface area (Å²) in [7, 11) is -4.32. The zero-order valence-corrected chi connectivity index (χ0v) is 25.8. The standard InChI is InChI=1S/C33H34N7O5P/c34-31-30-32(37-22-36-31)39(23-38-30)28-17-16-26(18-28)21-44-46(35,42)45-33(41)29(19-24-10-4-1-5-11-24)40(27-14-8-3-9-15-27)43-20-25-12-6-2-7-13-25/h1-17,22-23,26,28-29H,18-21H2,(H2,35,42)(H2,34,36,37)/t26-,28+,29-,46?/m0/s1. The van der Waals surface area contributed by atoms with Gasteiger partial charge in [-0.2, -0.15) is 0 Å². The van der Waals surface area contributed by atoms with Crippen molar-refractivity contribution >= 4 is 36.4 Å². The zero-order valence-electron chi connectivity index (χ0n) is 24.9. The molecule has 236 valence electrons. The van der Waals surface area contributed by atoms with E-state index in [1.807, 2.05) is 108 Å². The van der Waals surface area contributed by atoms with Gasteiger partial charge >= 0.3 is 13.7 Å². The van der Waals surface area contributed by atoms with Crippen LogP contribution in [0.4, 0.5) is 11.5 Å². The number of anilines is 2. The first kappa shape index (κ1) is 31.1. The van der Waals surface area contributed by atoms with Gasteiger partial charge in [-0.3, -0.25) is 9.36 Å². The molecule has 2 heterocycles. The van der Waals surface area contributed by atoms with Crippen LogP contribution in [-0.2, 0) is 36.3 Å². The lowest BCUT2D eigenvalue weighted by Crippen LogP contribution is -2.44. The molecule has 5 aromatic rings. The van der Waals surface area contributed by atoms with Crippen molar-refractivity contribution < 1.29 is 23.2 Å². The summed E-state index contributed by atoms with van der Waals surface area (Å²) in [5.41, 5.74) is 15.5. The molecule has 12 nitrogen and oxygen atoms in total. The molecule has 1 aliphatic carbocycles. The molecule has 0 spiro atoms. The summed E-state index contributed by atoms with van der Waals surface area (Å²) >= 11 is 0. The minimum atomic E-state index is -4.32. The molecule has 4 atom stereocenters. The Morgan fingerprint density at radius 2 is 1.61 bits per heavy atom. The van der Waals surface area contributed by atoms with Gasteiger partial charge in [0.05, 0.1) is 31.3 Å².